The van der Waals surface area contributed by atoms with E-state index in [2.05, 4.69) is 4.40 Å². The Labute approximate surface area is 144 Å². The van der Waals surface area contributed by atoms with Gasteiger partial charge in [0.15, 0.2) is 0 Å². The van der Waals surface area contributed by atoms with Gasteiger partial charge >= 0.3 is 0 Å². The van der Waals surface area contributed by atoms with Gasteiger partial charge in [-0.05, 0) is 44.9 Å². The van der Waals surface area contributed by atoms with Crippen molar-refractivity contribution >= 4 is 15.9 Å². The number of hydrogen-bond acceptors (Lipinski definition) is 2. The van der Waals surface area contributed by atoms with E-state index in [4.69, 9.17) is 0 Å². The van der Waals surface area contributed by atoms with Crippen molar-refractivity contribution in [2.45, 2.75) is 32.6 Å². The highest BCUT2D eigenvalue weighted by molar-refractivity contribution is 7.90. The van der Waals surface area contributed by atoms with Gasteiger partial charge in [0, 0.05) is 18.7 Å². The summed E-state index contributed by atoms with van der Waals surface area (Å²) in [4.78, 5) is 2.22. The highest BCUT2D eigenvalue weighted by atomic mass is 32.2. The molecule has 128 valence electrons. The van der Waals surface area contributed by atoms with Crippen molar-refractivity contribution in [2.24, 2.45) is 4.40 Å². The molecule has 0 radical (unpaired) electrons. The highest BCUT2D eigenvalue weighted by Crippen LogP contribution is 2.20. The summed E-state index contributed by atoms with van der Waals surface area (Å²) < 4.78 is 30.0. The Morgan fingerprint density at radius 1 is 1.00 bits per heavy atom. The average molecular weight is 344 g/mol. The van der Waals surface area contributed by atoms with Gasteiger partial charge in [0.05, 0.1) is 4.90 Å². The van der Waals surface area contributed by atoms with Crippen LogP contribution < -0.4 is 0 Å². The minimum Gasteiger partial charge on any atom is -0.356 e. The number of benzene rings is 2. The molecule has 0 aromatic heterocycles. The first-order chi connectivity index (χ1) is 11.4. The van der Waals surface area contributed by atoms with E-state index < -0.39 is 10.0 Å². The van der Waals surface area contributed by atoms with Crippen LogP contribution in [0.3, 0.4) is 0 Å². The molecule has 0 fully saturated rings. The van der Waals surface area contributed by atoms with Crippen LogP contribution in [-0.4, -0.2) is 32.2 Å². The first kappa shape index (κ1) is 18.2. The van der Waals surface area contributed by atoms with Crippen LogP contribution in [0.15, 0.2) is 57.8 Å². The first-order valence-corrected chi connectivity index (χ1v) is 9.55. The van der Waals surface area contributed by atoms with Crippen LogP contribution in [-0.2, 0) is 10.0 Å². The SMILES string of the molecule is CCN(CC)C(=NS(=O)(=O)c1cc(C)ccc1C)c1ccccc1. The zero-order chi connectivity index (χ0) is 17.7. The number of amidine groups is 1. The number of nitrogens with zero attached hydrogens (tertiary/aromatic N) is 2. The fraction of sp³-hybridized carbons (Fsp3) is 0.316. The van der Waals surface area contributed by atoms with Gasteiger partial charge in [-0.15, -0.1) is 4.40 Å². The van der Waals surface area contributed by atoms with E-state index in [9.17, 15) is 8.42 Å². The molecule has 2 rings (SSSR count). The Hall–Kier alpha value is -2.14. The Balaban J connectivity index is 2.62. The van der Waals surface area contributed by atoms with Gasteiger partial charge in [0.25, 0.3) is 10.0 Å². The predicted molar refractivity (Wildman–Crippen MR) is 99.0 cm³/mol. The van der Waals surface area contributed by atoms with Gasteiger partial charge in [0.1, 0.15) is 5.84 Å². The second-order valence-electron chi connectivity index (χ2n) is 5.70. The van der Waals surface area contributed by atoms with Crippen molar-refractivity contribution in [1.29, 1.82) is 0 Å². The van der Waals surface area contributed by atoms with E-state index in [0.29, 0.717) is 24.5 Å². The van der Waals surface area contributed by atoms with E-state index in [-0.39, 0.29) is 4.90 Å². The van der Waals surface area contributed by atoms with Gasteiger partial charge in [-0.3, -0.25) is 0 Å². The van der Waals surface area contributed by atoms with E-state index in [1.807, 2.05) is 68.1 Å². The van der Waals surface area contributed by atoms with Crippen LogP contribution in [0.5, 0.6) is 0 Å². The summed E-state index contributed by atoms with van der Waals surface area (Å²) in [6, 6.07) is 14.8. The molecule has 2 aromatic rings. The van der Waals surface area contributed by atoms with Crippen LogP contribution in [0.4, 0.5) is 0 Å². The molecule has 0 saturated heterocycles. The third-order valence-electron chi connectivity index (χ3n) is 3.92. The number of rotatable bonds is 5. The summed E-state index contributed by atoms with van der Waals surface area (Å²) in [6.07, 6.45) is 0. The molecule has 24 heavy (non-hydrogen) atoms. The lowest BCUT2D eigenvalue weighted by Crippen LogP contribution is -2.32. The van der Waals surface area contributed by atoms with Crippen LogP contribution in [0.2, 0.25) is 0 Å². The van der Waals surface area contributed by atoms with Crippen LogP contribution in [0.25, 0.3) is 0 Å². The van der Waals surface area contributed by atoms with Crippen LogP contribution in [0, 0.1) is 13.8 Å². The van der Waals surface area contributed by atoms with Crippen LogP contribution >= 0.6 is 0 Å². The second-order valence-corrected chi connectivity index (χ2v) is 7.27. The fourth-order valence-corrected chi connectivity index (χ4v) is 3.91. The van der Waals surface area contributed by atoms with E-state index in [1.165, 1.54) is 0 Å². The molecule has 2 aromatic carbocycles. The van der Waals surface area contributed by atoms with Crippen LogP contribution in [0.1, 0.15) is 30.5 Å². The summed E-state index contributed by atoms with van der Waals surface area (Å²) in [7, 11) is -3.78. The Morgan fingerprint density at radius 2 is 1.62 bits per heavy atom. The van der Waals surface area contributed by atoms with E-state index in [0.717, 1.165) is 11.1 Å². The summed E-state index contributed by atoms with van der Waals surface area (Å²) in [5.41, 5.74) is 2.41. The number of hydrogen-bond donors (Lipinski definition) is 0. The fourth-order valence-electron chi connectivity index (χ4n) is 2.55. The molecule has 0 bridgehead atoms. The first-order valence-electron chi connectivity index (χ1n) is 8.11. The molecule has 0 N–H and O–H groups in total. The van der Waals surface area contributed by atoms with Crippen molar-refractivity contribution in [3.05, 3.63) is 65.2 Å². The third kappa shape index (κ3) is 4.03. The van der Waals surface area contributed by atoms with E-state index >= 15 is 0 Å². The lowest BCUT2D eigenvalue weighted by molar-refractivity contribution is 0.467. The minimum atomic E-state index is -3.78. The topological polar surface area (TPSA) is 49.7 Å². The van der Waals surface area contributed by atoms with Crippen molar-refractivity contribution in [3.8, 4) is 0 Å². The molecular weight excluding hydrogens is 320 g/mol. The molecule has 0 aliphatic heterocycles. The minimum absolute atomic E-state index is 0.267. The normalized spacial score (nSPS) is 12.2. The second kappa shape index (κ2) is 7.62. The summed E-state index contributed by atoms with van der Waals surface area (Å²) in [6.45, 7) is 9.03. The maximum atomic E-state index is 12.9. The molecule has 0 amide bonds. The van der Waals surface area contributed by atoms with Gasteiger partial charge in [-0.1, -0.05) is 42.5 Å². The molecule has 0 atom stereocenters. The largest absolute Gasteiger partial charge is 0.356 e. The van der Waals surface area contributed by atoms with Gasteiger partial charge in [-0.25, -0.2) is 0 Å². The van der Waals surface area contributed by atoms with Crippen molar-refractivity contribution in [2.75, 3.05) is 13.1 Å². The molecule has 0 aliphatic rings. The monoisotopic (exact) mass is 344 g/mol. The highest BCUT2D eigenvalue weighted by Gasteiger charge is 2.20. The molecule has 0 saturated carbocycles. The summed E-state index contributed by atoms with van der Waals surface area (Å²) >= 11 is 0. The van der Waals surface area contributed by atoms with Crippen molar-refractivity contribution < 1.29 is 8.42 Å². The summed E-state index contributed by atoms with van der Waals surface area (Å²) in [5.74, 6) is 0.488. The lowest BCUT2D eigenvalue weighted by atomic mass is 10.2. The Kier molecular flexibility index (Phi) is 5.78. The zero-order valence-corrected chi connectivity index (χ0v) is 15.5. The van der Waals surface area contributed by atoms with Crippen molar-refractivity contribution in [3.63, 3.8) is 0 Å². The quantitative estimate of drug-likeness (QED) is 0.613. The summed E-state index contributed by atoms with van der Waals surface area (Å²) in [5, 5.41) is 0. The molecule has 0 unspecified atom stereocenters. The molecule has 0 spiro atoms. The molecule has 0 heterocycles. The Bertz CT molecular complexity index is 824. The van der Waals surface area contributed by atoms with Gasteiger partial charge in [-0.2, -0.15) is 8.42 Å². The number of aryl methyl sites for hydroxylation is 2. The molecule has 5 heteroatoms. The standard InChI is InChI=1S/C19H24N2O2S/c1-5-21(6-2)19(17-10-8-7-9-11-17)20-24(22,23)18-14-15(3)12-13-16(18)4/h7-14H,5-6H2,1-4H3. The molecule has 4 nitrogen and oxygen atoms in total. The predicted octanol–water partition coefficient (Wildman–Crippen LogP) is 3.78. The van der Waals surface area contributed by atoms with E-state index in [1.54, 1.807) is 13.0 Å². The lowest BCUT2D eigenvalue weighted by Gasteiger charge is -2.23. The molecule has 0 aliphatic carbocycles. The third-order valence-corrected chi connectivity index (χ3v) is 5.33. The maximum absolute atomic E-state index is 12.9. The van der Waals surface area contributed by atoms with Crippen molar-refractivity contribution in [1.82, 2.24) is 4.90 Å². The Morgan fingerprint density at radius 3 is 2.21 bits per heavy atom. The smallest absolute Gasteiger partial charge is 0.284 e. The number of sulfonamides is 1. The zero-order valence-electron chi connectivity index (χ0n) is 14.7. The van der Waals surface area contributed by atoms with Gasteiger partial charge < -0.3 is 4.90 Å². The maximum Gasteiger partial charge on any atom is 0.284 e. The average Bonchev–Trinajstić information content (AvgIpc) is 2.58. The molecular formula is C19H24N2O2S. The van der Waals surface area contributed by atoms with Gasteiger partial charge in [0.2, 0.25) is 0 Å².